The monoisotopic (exact) mass is 243 g/mol. The molecule has 3 rings (SSSR count). The van der Waals surface area contributed by atoms with E-state index in [1.54, 1.807) is 6.07 Å². The lowest BCUT2D eigenvalue weighted by Crippen LogP contribution is -2.12. The third-order valence-corrected chi connectivity index (χ3v) is 4.11. The van der Waals surface area contributed by atoms with Crippen molar-refractivity contribution >= 4 is 16.9 Å². The van der Waals surface area contributed by atoms with Gasteiger partial charge in [-0.15, -0.1) is 0 Å². The number of hydrogen-bond acceptors (Lipinski definition) is 1. The van der Waals surface area contributed by atoms with Crippen molar-refractivity contribution in [2.75, 3.05) is 0 Å². The minimum Gasteiger partial charge on any atom is -0.478 e. The van der Waals surface area contributed by atoms with Crippen molar-refractivity contribution < 1.29 is 9.90 Å². The van der Waals surface area contributed by atoms with Crippen LogP contribution in [0.3, 0.4) is 0 Å². The largest absolute Gasteiger partial charge is 0.478 e. The molecular formula is C15H17NO2. The van der Waals surface area contributed by atoms with Gasteiger partial charge in [0.25, 0.3) is 0 Å². The molecule has 0 radical (unpaired) electrons. The molecule has 0 saturated carbocycles. The molecule has 0 saturated heterocycles. The first-order valence-corrected chi connectivity index (χ1v) is 6.42. The van der Waals surface area contributed by atoms with Crippen LogP contribution in [0.5, 0.6) is 0 Å². The van der Waals surface area contributed by atoms with E-state index >= 15 is 0 Å². The number of fused-ring (bicyclic) bond motifs is 3. The van der Waals surface area contributed by atoms with E-state index in [-0.39, 0.29) is 0 Å². The molecule has 2 aromatic rings. The van der Waals surface area contributed by atoms with E-state index in [9.17, 15) is 9.90 Å². The van der Waals surface area contributed by atoms with Crippen LogP contribution in [0.1, 0.15) is 35.0 Å². The second kappa shape index (κ2) is 3.87. The second-order valence-electron chi connectivity index (χ2n) is 5.34. The fraction of sp³-hybridized carbons (Fsp3) is 0.400. The van der Waals surface area contributed by atoms with E-state index in [0.29, 0.717) is 11.5 Å². The Hall–Kier alpha value is -1.77. The third-order valence-electron chi connectivity index (χ3n) is 4.11. The van der Waals surface area contributed by atoms with Gasteiger partial charge in [0, 0.05) is 18.1 Å². The highest BCUT2D eigenvalue weighted by Crippen LogP contribution is 2.34. The zero-order valence-electron chi connectivity index (χ0n) is 10.7. The SMILES string of the molecule is CC1CCc2c(c3cccc(C(=O)O)c3n2C)C1. The van der Waals surface area contributed by atoms with Gasteiger partial charge in [0.1, 0.15) is 0 Å². The van der Waals surface area contributed by atoms with Crippen LogP contribution in [-0.4, -0.2) is 15.6 Å². The number of carboxylic acids is 1. The van der Waals surface area contributed by atoms with Crippen molar-refractivity contribution in [3.63, 3.8) is 0 Å². The van der Waals surface area contributed by atoms with Gasteiger partial charge in [0.15, 0.2) is 0 Å². The summed E-state index contributed by atoms with van der Waals surface area (Å²) in [5.74, 6) is -0.150. The number of aromatic carboxylic acids is 1. The lowest BCUT2D eigenvalue weighted by molar-refractivity contribution is 0.0698. The molecule has 1 unspecified atom stereocenters. The molecule has 0 amide bonds. The van der Waals surface area contributed by atoms with Gasteiger partial charge in [0.05, 0.1) is 11.1 Å². The van der Waals surface area contributed by atoms with Gasteiger partial charge in [-0.2, -0.15) is 0 Å². The summed E-state index contributed by atoms with van der Waals surface area (Å²) in [5, 5.41) is 10.4. The smallest absolute Gasteiger partial charge is 0.337 e. The molecule has 0 aliphatic heterocycles. The molecule has 1 aliphatic carbocycles. The lowest BCUT2D eigenvalue weighted by atomic mass is 9.87. The molecule has 1 heterocycles. The molecule has 18 heavy (non-hydrogen) atoms. The van der Waals surface area contributed by atoms with E-state index in [2.05, 4.69) is 17.6 Å². The molecule has 0 bridgehead atoms. The zero-order valence-corrected chi connectivity index (χ0v) is 10.7. The standard InChI is InChI=1S/C15H17NO2/c1-9-6-7-13-12(8-9)10-4-3-5-11(15(17)18)14(10)16(13)2/h3-5,9H,6-8H2,1-2H3,(H,17,18). The molecule has 94 valence electrons. The van der Waals surface area contributed by atoms with Gasteiger partial charge in [-0.05, 0) is 36.8 Å². The number of benzene rings is 1. The Morgan fingerprint density at radius 1 is 1.44 bits per heavy atom. The highest BCUT2D eigenvalue weighted by atomic mass is 16.4. The Bertz CT molecular complexity index is 639. The maximum atomic E-state index is 11.3. The minimum atomic E-state index is -0.841. The number of aromatic nitrogens is 1. The Morgan fingerprint density at radius 3 is 2.94 bits per heavy atom. The number of hydrogen-bond donors (Lipinski definition) is 1. The van der Waals surface area contributed by atoms with Gasteiger partial charge >= 0.3 is 5.97 Å². The summed E-state index contributed by atoms with van der Waals surface area (Å²) in [4.78, 5) is 11.3. The van der Waals surface area contributed by atoms with E-state index in [4.69, 9.17) is 0 Å². The van der Waals surface area contributed by atoms with Crippen LogP contribution in [0, 0.1) is 5.92 Å². The molecule has 1 aromatic heterocycles. The number of carboxylic acid groups (broad SMARTS) is 1. The molecule has 0 spiro atoms. The van der Waals surface area contributed by atoms with Gasteiger partial charge < -0.3 is 9.67 Å². The van der Waals surface area contributed by atoms with E-state index < -0.39 is 5.97 Å². The summed E-state index contributed by atoms with van der Waals surface area (Å²) in [6.45, 7) is 2.27. The fourth-order valence-corrected chi connectivity index (χ4v) is 3.19. The fourth-order valence-electron chi connectivity index (χ4n) is 3.19. The van der Waals surface area contributed by atoms with Crippen LogP contribution < -0.4 is 0 Å². The first-order valence-electron chi connectivity index (χ1n) is 6.42. The van der Waals surface area contributed by atoms with Crippen LogP contribution in [0.2, 0.25) is 0 Å². The molecular weight excluding hydrogens is 226 g/mol. The molecule has 1 aromatic carbocycles. The third kappa shape index (κ3) is 1.47. The summed E-state index contributed by atoms with van der Waals surface area (Å²) >= 11 is 0. The van der Waals surface area contributed by atoms with E-state index in [0.717, 1.165) is 23.7 Å². The Balaban J connectivity index is 2.36. The van der Waals surface area contributed by atoms with Gasteiger partial charge in [-0.25, -0.2) is 4.79 Å². The summed E-state index contributed by atoms with van der Waals surface area (Å²) in [5.41, 5.74) is 3.97. The Kier molecular flexibility index (Phi) is 2.44. The first kappa shape index (κ1) is 11.3. The van der Waals surface area contributed by atoms with E-state index in [1.807, 2.05) is 13.1 Å². The number of para-hydroxylation sites is 1. The minimum absolute atomic E-state index is 0.414. The van der Waals surface area contributed by atoms with Gasteiger partial charge in [0.2, 0.25) is 0 Å². The Morgan fingerprint density at radius 2 is 2.22 bits per heavy atom. The van der Waals surface area contributed by atoms with Crippen molar-refractivity contribution in [1.82, 2.24) is 4.57 Å². The number of nitrogens with zero attached hydrogens (tertiary/aromatic N) is 1. The van der Waals surface area contributed by atoms with E-state index in [1.165, 1.54) is 17.7 Å². The maximum absolute atomic E-state index is 11.3. The van der Waals surface area contributed by atoms with Crippen molar-refractivity contribution in [2.24, 2.45) is 13.0 Å². The highest BCUT2D eigenvalue weighted by molar-refractivity contribution is 6.03. The number of aryl methyl sites for hydroxylation is 1. The molecule has 3 nitrogen and oxygen atoms in total. The number of carbonyl (C=O) groups is 1. The van der Waals surface area contributed by atoms with Crippen molar-refractivity contribution in [2.45, 2.75) is 26.2 Å². The maximum Gasteiger partial charge on any atom is 0.337 e. The summed E-state index contributed by atoms with van der Waals surface area (Å²) in [7, 11) is 1.99. The molecule has 1 atom stereocenters. The summed E-state index contributed by atoms with van der Waals surface area (Å²) in [6.07, 6.45) is 3.32. The highest BCUT2D eigenvalue weighted by Gasteiger charge is 2.24. The predicted molar refractivity (Wildman–Crippen MR) is 71.1 cm³/mol. The average Bonchev–Trinajstić information content (AvgIpc) is 2.63. The molecule has 3 heteroatoms. The predicted octanol–water partition coefficient (Wildman–Crippen LogP) is 3.00. The van der Waals surface area contributed by atoms with Gasteiger partial charge in [-0.1, -0.05) is 19.1 Å². The second-order valence-corrected chi connectivity index (χ2v) is 5.34. The normalized spacial score (nSPS) is 18.9. The summed E-state index contributed by atoms with van der Waals surface area (Å²) < 4.78 is 2.08. The first-order chi connectivity index (χ1) is 8.59. The van der Waals surface area contributed by atoms with Crippen molar-refractivity contribution in [3.8, 4) is 0 Å². The van der Waals surface area contributed by atoms with Crippen molar-refractivity contribution in [3.05, 3.63) is 35.0 Å². The quantitative estimate of drug-likeness (QED) is 0.836. The topological polar surface area (TPSA) is 42.2 Å². The molecule has 1 N–H and O–H groups in total. The average molecular weight is 243 g/mol. The summed E-state index contributed by atoms with van der Waals surface area (Å²) in [6, 6.07) is 5.60. The molecule has 1 aliphatic rings. The van der Waals surface area contributed by atoms with Crippen LogP contribution in [0.25, 0.3) is 10.9 Å². The zero-order chi connectivity index (χ0) is 12.9. The number of rotatable bonds is 1. The van der Waals surface area contributed by atoms with Gasteiger partial charge in [-0.3, -0.25) is 0 Å². The molecule has 0 fully saturated rings. The lowest BCUT2D eigenvalue weighted by Gasteiger charge is -2.19. The van der Waals surface area contributed by atoms with Crippen LogP contribution in [0.15, 0.2) is 18.2 Å². The van der Waals surface area contributed by atoms with Crippen molar-refractivity contribution in [1.29, 1.82) is 0 Å². The van der Waals surface area contributed by atoms with Crippen LogP contribution >= 0.6 is 0 Å². The van der Waals surface area contributed by atoms with Crippen LogP contribution in [0.4, 0.5) is 0 Å². The Labute approximate surface area is 106 Å². The van der Waals surface area contributed by atoms with Crippen LogP contribution in [-0.2, 0) is 19.9 Å².